The van der Waals surface area contributed by atoms with E-state index < -0.39 is 0 Å². The second kappa shape index (κ2) is 5.06. The second-order valence-corrected chi connectivity index (χ2v) is 6.02. The zero-order chi connectivity index (χ0) is 15.1. The molecule has 0 radical (unpaired) electrons. The number of fused-ring (bicyclic) bond motifs is 3. The van der Waals surface area contributed by atoms with E-state index in [-0.39, 0.29) is 0 Å². The van der Waals surface area contributed by atoms with Crippen LogP contribution < -0.4 is 5.32 Å². The van der Waals surface area contributed by atoms with Crippen molar-refractivity contribution in [3.63, 3.8) is 0 Å². The number of anilines is 2. The molecule has 2 heterocycles. The van der Waals surface area contributed by atoms with Gasteiger partial charge in [-0.15, -0.1) is 10.2 Å². The van der Waals surface area contributed by atoms with Crippen molar-refractivity contribution in [2.24, 2.45) is 0 Å². The average Bonchev–Trinajstić information content (AvgIpc) is 3.00. The predicted octanol–water partition coefficient (Wildman–Crippen LogP) is 4.09. The maximum Gasteiger partial charge on any atom is 0.204 e. The van der Waals surface area contributed by atoms with Crippen LogP contribution >= 0.6 is 15.9 Å². The Morgan fingerprint density at radius 2 is 1.91 bits per heavy atom. The number of hydrogen-bond acceptors (Lipinski definition) is 4. The third-order valence-corrected chi connectivity index (χ3v) is 4.02. The molecule has 0 saturated heterocycles. The molecule has 0 aliphatic heterocycles. The van der Waals surface area contributed by atoms with Crippen molar-refractivity contribution in [1.82, 2.24) is 19.6 Å². The number of halogens is 1. The van der Waals surface area contributed by atoms with Crippen LogP contribution in [0.1, 0.15) is 5.56 Å². The van der Waals surface area contributed by atoms with Crippen LogP contribution in [0.25, 0.3) is 16.7 Å². The lowest BCUT2D eigenvalue weighted by atomic mass is 10.2. The number of aryl methyl sites for hydroxylation is 1. The van der Waals surface area contributed by atoms with Gasteiger partial charge in [0, 0.05) is 10.2 Å². The first-order valence-electron chi connectivity index (χ1n) is 6.83. The van der Waals surface area contributed by atoms with E-state index in [1.54, 1.807) is 6.33 Å². The molecule has 0 saturated carbocycles. The fourth-order valence-corrected chi connectivity index (χ4v) is 2.68. The minimum absolute atomic E-state index is 0.691. The van der Waals surface area contributed by atoms with Crippen LogP contribution in [-0.2, 0) is 0 Å². The number of aromatic nitrogens is 4. The Labute approximate surface area is 135 Å². The smallest absolute Gasteiger partial charge is 0.204 e. The summed E-state index contributed by atoms with van der Waals surface area (Å²) in [4.78, 5) is 4.69. The molecule has 22 heavy (non-hydrogen) atoms. The predicted molar refractivity (Wildman–Crippen MR) is 90.4 cm³/mol. The maximum atomic E-state index is 4.69. The lowest BCUT2D eigenvalue weighted by Gasteiger charge is -2.09. The topological polar surface area (TPSA) is 55.1 Å². The van der Waals surface area contributed by atoms with Crippen LogP contribution in [0, 0.1) is 6.92 Å². The van der Waals surface area contributed by atoms with Crippen molar-refractivity contribution in [2.45, 2.75) is 6.92 Å². The Hall–Kier alpha value is -2.47. The van der Waals surface area contributed by atoms with Gasteiger partial charge < -0.3 is 5.32 Å². The molecule has 2 aromatic carbocycles. The quantitative estimate of drug-likeness (QED) is 0.589. The summed E-state index contributed by atoms with van der Waals surface area (Å²) in [6.45, 7) is 2.06. The van der Waals surface area contributed by atoms with Gasteiger partial charge in [0.25, 0.3) is 0 Å². The summed E-state index contributed by atoms with van der Waals surface area (Å²) in [5.74, 6) is 0.691. The number of nitrogens with zero attached hydrogens (tertiary/aromatic N) is 4. The molecule has 2 aromatic heterocycles. The SMILES string of the molecule is Cc1ccc2nc(Nc3ccc(Br)cc3)c3nncn3c2c1. The molecule has 0 unspecified atom stereocenters. The Morgan fingerprint density at radius 3 is 2.73 bits per heavy atom. The van der Waals surface area contributed by atoms with E-state index in [1.165, 1.54) is 5.56 Å². The van der Waals surface area contributed by atoms with Crippen molar-refractivity contribution in [3.8, 4) is 0 Å². The molecule has 0 spiro atoms. The van der Waals surface area contributed by atoms with Crippen molar-refractivity contribution >= 4 is 44.1 Å². The lowest BCUT2D eigenvalue weighted by Crippen LogP contribution is -2.00. The summed E-state index contributed by atoms with van der Waals surface area (Å²) < 4.78 is 2.99. The molecule has 0 bridgehead atoms. The highest BCUT2D eigenvalue weighted by molar-refractivity contribution is 9.10. The number of nitrogens with one attached hydrogen (secondary N) is 1. The van der Waals surface area contributed by atoms with E-state index in [1.807, 2.05) is 34.7 Å². The van der Waals surface area contributed by atoms with E-state index in [9.17, 15) is 0 Å². The third kappa shape index (κ3) is 2.21. The van der Waals surface area contributed by atoms with Gasteiger partial charge in [0.1, 0.15) is 6.33 Å². The first kappa shape index (κ1) is 13.2. The van der Waals surface area contributed by atoms with Crippen LogP contribution in [0.2, 0.25) is 0 Å². The van der Waals surface area contributed by atoms with Crippen molar-refractivity contribution in [2.75, 3.05) is 5.32 Å². The zero-order valence-corrected chi connectivity index (χ0v) is 13.4. The van der Waals surface area contributed by atoms with Gasteiger partial charge in [0.15, 0.2) is 5.82 Å². The van der Waals surface area contributed by atoms with Gasteiger partial charge in [-0.3, -0.25) is 4.40 Å². The normalized spacial score (nSPS) is 11.2. The average molecular weight is 354 g/mol. The van der Waals surface area contributed by atoms with Gasteiger partial charge in [-0.05, 0) is 48.9 Å². The summed E-state index contributed by atoms with van der Waals surface area (Å²) in [6.07, 6.45) is 1.71. The van der Waals surface area contributed by atoms with Gasteiger partial charge in [-0.2, -0.15) is 0 Å². The molecule has 4 rings (SSSR count). The van der Waals surface area contributed by atoms with E-state index in [0.717, 1.165) is 21.2 Å². The Bertz CT molecular complexity index is 975. The number of rotatable bonds is 2. The summed E-state index contributed by atoms with van der Waals surface area (Å²) >= 11 is 3.43. The molecule has 0 aliphatic rings. The molecule has 4 aromatic rings. The van der Waals surface area contributed by atoms with Crippen LogP contribution in [0.3, 0.4) is 0 Å². The molecule has 0 atom stereocenters. The van der Waals surface area contributed by atoms with Crippen molar-refractivity contribution < 1.29 is 0 Å². The molecule has 108 valence electrons. The lowest BCUT2D eigenvalue weighted by molar-refractivity contribution is 1.11. The molecule has 0 fully saturated rings. The Balaban J connectivity index is 1.90. The molecule has 5 nitrogen and oxygen atoms in total. The summed E-state index contributed by atoms with van der Waals surface area (Å²) in [6, 6.07) is 14.1. The Morgan fingerprint density at radius 1 is 1.09 bits per heavy atom. The van der Waals surface area contributed by atoms with Crippen molar-refractivity contribution in [1.29, 1.82) is 0 Å². The molecule has 1 N–H and O–H groups in total. The monoisotopic (exact) mass is 353 g/mol. The molecule has 0 amide bonds. The Kier molecular flexibility index (Phi) is 3.04. The highest BCUT2D eigenvalue weighted by Gasteiger charge is 2.10. The molecular formula is C16H12BrN5. The largest absolute Gasteiger partial charge is 0.337 e. The standard InChI is InChI=1S/C16H12BrN5/c1-10-2-7-13-14(8-10)22-9-18-21-16(22)15(20-13)19-12-5-3-11(17)4-6-12/h2-9H,1H3,(H,19,20). The summed E-state index contributed by atoms with van der Waals surface area (Å²) in [5.41, 5.74) is 4.74. The van der Waals surface area contributed by atoms with E-state index in [2.05, 4.69) is 55.5 Å². The molecule has 0 aliphatic carbocycles. The minimum Gasteiger partial charge on any atom is -0.337 e. The van der Waals surface area contributed by atoms with Crippen molar-refractivity contribution in [3.05, 3.63) is 58.8 Å². The highest BCUT2D eigenvalue weighted by atomic mass is 79.9. The van der Waals surface area contributed by atoms with Gasteiger partial charge >= 0.3 is 0 Å². The van der Waals surface area contributed by atoms with Crippen LogP contribution in [0.5, 0.6) is 0 Å². The van der Waals surface area contributed by atoms with E-state index in [4.69, 9.17) is 0 Å². The number of benzene rings is 2. The van der Waals surface area contributed by atoms with Crippen LogP contribution in [-0.4, -0.2) is 19.6 Å². The van der Waals surface area contributed by atoms with Gasteiger partial charge in [0.05, 0.1) is 11.0 Å². The van der Waals surface area contributed by atoms with Crippen LogP contribution in [0.4, 0.5) is 11.5 Å². The second-order valence-electron chi connectivity index (χ2n) is 5.11. The highest BCUT2D eigenvalue weighted by Crippen LogP contribution is 2.24. The van der Waals surface area contributed by atoms with E-state index >= 15 is 0 Å². The van der Waals surface area contributed by atoms with Crippen LogP contribution in [0.15, 0.2) is 53.3 Å². The summed E-state index contributed by atoms with van der Waals surface area (Å²) in [5, 5.41) is 11.5. The van der Waals surface area contributed by atoms with Gasteiger partial charge in [-0.25, -0.2) is 4.98 Å². The van der Waals surface area contributed by atoms with Gasteiger partial charge in [0.2, 0.25) is 5.65 Å². The fraction of sp³-hybridized carbons (Fsp3) is 0.0625. The minimum atomic E-state index is 0.691. The first-order chi connectivity index (χ1) is 10.7. The zero-order valence-electron chi connectivity index (χ0n) is 11.8. The maximum absolute atomic E-state index is 4.69. The fourth-order valence-electron chi connectivity index (χ4n) is 2.42. The van der Waals surface area contributed by atoms with E-state index in [0.29, 0.717) is 11.5 Å². The van der Waals surface area contributed by atoms with Gasteiger partial charge in [-0.1, -0.05) is 22.0 Å². The molecular weight excluding hydrogens is 342 g/mol. The third-order valence-electron chi connectivity index (χ3n) is 3.49. The first-order valence-corrected chi connectivity index (χ1v) is 7.63. The number of hydrogen-bond donors (Lipinski definition) is 1. The summed E-state index contributed by atoms with van der Waals surface area (Å²) in [7, 11) is 0. The molecule has 6 heteroatoms.